The van der Waals surface area contributed by atoms with Crippen LogP contribution in [-0.4, -0.2) is 9.55 Å². The summed E-state index contributed by atoms with van der Waals surface area (Å²) in [5.41, 5.74) is 0.356. The predicted molar refractivity (Wildman–Crippen MR) is 89.1 cm³/mol. The van der Waals surface area contributed by atoms with Crippen LogP contribution < -0.4 is 5.56 Å². The zero-order valence-electron chi connectivity index (χ0n) is 12.5. The summed E-state index contributed by atoms with van der Waals surface area (Å²) < 4.78 is 29.9. The fourth-order valence-corrected chi connectivity index (χ4v) is 2.84. The SMILES string of the molecule is CCc1nc2cc(F)c(C)cc2c(=O)n1-c1ccc(Br)cc1F. The summed E-state index contributed by atoms with van der Waals surface area (Å²) in [7, 11) is 0. The van der Waals surface area contributed by atoms with Gasteiger partial charge in [-0.1, -0.05) is 22.9 Å². The zero-order chi connectivity index (χ0) is 16.7. The van der Waals surface area contributed by atoms with Crippen molar-refractivity contribution in [3.63, 3.8) is 0 Å². The average Bonchev–Trinajstić information content (AvgIpc) is 2.50. The first-order valence-electron chi connectivity index (χ1n) is 7.09. The molecule has 0 saturated heterocycles. The second-order valence-corrected chi connectivity index (χ2v) is 6.15. The normalized spacial score (nSPS) is 11.2. The number of rotatable bonds is 2. The molecule has 3 rings (SSSR count). The Bertz CT molecular complexity index is 982. The Labute approximate surface area is 139 Å². The molecule has 1 aromatic heterocycles. The largest absolute Gasteiger partial charge is 0.268 e. The highest BCUT2D eigenvalue weighted by Crippen LogP contribution is 2.21. The first kappa shape index (κ1) is 15.8. The number of hydrogen-bond acceptors (Lipinski definition) is 2. The second kappa shape index (κ2) is 5.85. The first-order valence-corrected chi connectivity index (χ1v) is 7.89. The molecule has 1 heterocycles. The van der Waals surface area contributed by atoms with Crippen molar-refractivity contribution in [3.05, 3.63) is 68.2 Å². The molecule has 3 nitrogen and oxygen atoms in total. The molecule has 0 spiro atoms. The van der Waals surface area contributed by atoms with E-state index in [0.29, 0.717) is 22.3 Å². The molecule has 0 atom stereocenters. The van der Waals surface area contributed by atoms with Crippen LogP contribution in [0, 0.1) is 18.6 Å². The van der Waals surface area contributed by atoms with Crippen molar-refractivity contribution < 1.29 is 8.78 Å². The van der Waals surface area contributed by atoms with Crippen LogP contribution in [0.25, 0.3) is 16.6 Å². The summed E-state index contributed by atoms with van der Waals surface area (Å²) in [6.07, 6.45) is 0.413. The van der Waals surface area contributed by atoms with Crippen LogP contribution in [0.15, 0.2) is 39.6 Å². The number of aryl methyl sites for hydroxylation is 2. The third-order valence-corrected chi connectivity index (χ3v) is 4.18. The maximum Gasteiger partial charge on any atom is 0.266 e. The van der Waals surface area contributed by atoms with E-state index in [1.807, 2.05) is 6.92 Å². The van der Waals surface area contributed by atoms with Crippen LogP contribution in [-0.2, 0) is 6.42 Å². The van der Waals surface area contributed by atoms with Gasteiger partial charge in [0.2, 0.25) is 0 Å². The fourth-order valence-electron chi connectivity index (χ4n) is 2.51. The molecule has 2 aromatic carbocycles. The number of nitrogens with zero attached hydrogens (tertiary/aromatic N) is 2. The van der Waals surface area contributed by atoms with Crippen LogP contribution in [0.4, 0.5) is 8.78 Å². The summed E-state index contributed by atoms with van der Waals surface area (Å²) in [4.78, 5) is 17.2. The minimum atomic E-state index is -0.531. The molecule has 0 aliphatic rings. The molecule has 0 bridgehead atoms. The summed E-state index contributed by atoms with van der Waals surface area (Å²) >= 11 is 3.20. The van der Waals surface area contributed by atoms with Gasteiger partial charge in [0.1, 0.15) is 17.5 Å². The highest BCUT2D eigenvalue weighted by molar-refractivity contribution is 9.10. The van der Waals surface area contributed by atoms with Gasteiger partial charge in [-0.25, -0.2) is 13.8 Å². The highest BCUT2D eigenvalue weighted by atomic mass is 79.9. The Morgan fingerprint density at radius 1 is 1.17 bits per heavy atom. The molecule has 118 valence electrons. The van der Waals surface area contributed by atoms with E-state index < -0.39 is 17.2 Å². The second-order valence-electron chi connectivity index (χ2n) is 5.24. The van der Waals surface area contributed by atoms with Crippen LogP contribution in [0.1, 0.15) is 18.3 Å². The molecule has 0 aliphatic carbocycles. The lowest BCUT2D eigenvalue weighted by Crippen LogP contribution is -2.24. The van der Waals surface area contributed by atoms with Crippen molar-refractivity contribution in [2.24, 2.45) is 0 Å². The van der Waals surface area contributed by atoms with Gasteiger partial charge in [0.25, 0.3) is 5.56 Å². The monoisotopic (exact) mass is 378 g/mol. The Balaban J connectivity index is 2.42. The lowest BCUT2D eigenvalue weighted by Gasteiger charge is -2.14. The molecule has 3 aromatic rings. The average molecular weight is 379 g/mol. The maximum atomic E-state index is 14.3. The molecule has 0 unspecified atom stereocenters. The highest BCUT2D eigenvalue weighted by Gasteiger charge is 2.16. The van der Waals surface area contributed by atoms with Gasteiger partial charge in [0.05, 0.1) is 16.6 Å². The molecule has 0 aliphatic heterocycles. The maximum absolute atomic E-state index is 14.3. The van der Waals surface area contributed by atoms with Gasteiger partial charge in [-0.05, 0) is 36.8 Å². The molecule has 6 heteroatoms. The van der Waals surface area contributed by atoms with Crippen LogP contribution >= 0.6 is 15.9 Å². The van der Waals surface area contributed by atoms with Crippen molar-refractivity contribution in [1.82, 2.24) is 9.55 Å². The summed E-state index contributed by atoms with van der Waals surface area (Å²) in [6, 6.07) is 7.16. The van der Waals surface area contributed by atoms with Crippen molar-refractivity contribution >= 4 is 26.8 Å². The zero-order valence-corrected chi connectivity index (χ0v) is 14.1. The molecular weight excluding hydrogens is 366 g/mol. The van der Waals surface area contributed by atoms with Crippen molar-refractivity contribution in [2.45, 2.75) is 20.3 Å². The first-order chi connectivity index (χ1) is 10.9. The molecular formula is C17H13BrF2N2O. The lowest BCUT2D eigenvalue weighted by atomic mass is 10.1. The number of hydrogen-bond donors (Lipinski definition) is 0. The van der Waals surface area contributed by atoms with Gasteiger partial charge in [0.15, 0.2) is 0 Å². The Morgan fingerprint density at radius 2 is 1.91 bits per heavy atom. The van der Waals surface area contributed by atoms with E-state index in [9.17, 15) is 13.6 Å². The molecule has 0 amide bonds. The fraction of sp³-hybridized carbons (Fsp3) is 0.176. The molecule has 0 N–H and O–H groups in total. The van der Waals surface area contributed by atoms with E-state index >= 15 is 0 Å². The van der Waals surface area contributed by atoms with Crippen LogP contribution in [0.3, 0.4) is 0 Å². The van der Waals surface area contributed by atoms with Gasteiger partial charge >= 0.3 is 0 Å². The van der Waals surface area contributed by atoms with Crippen molar-refractivity contribution in [3.8, 4) is 5.69 Å². The summed E-state index contributed by atoms with van der Waals surface area (Å²) in [6.45, 7) is 3.39. The topological polar surface area (TPSA) is 34.9 Å². The van der Waals surface area contributed by atoms with Crippen molar-refractivity contribution in [2.75, 3.05) is 0 Å². The van der Waals surface area contributed by atoms with E-state index in [0.717, 1.165) is 0 Å². The van der Waals surface area contributed by atoms with Crippen LogP contribution in [0.5, 0.6) is 0 Å². The van der Waals surface area contributed by atoms with Gasteiger partial charge in [-0.2, -0.15) is 0 Å². The van der Waals surface area contributed by atoms with Crippen molar-refractivity contribution in [1.29, 1.82) is 0 Å². The Morgan fingerprint density at radius 3 is 2.57 bits per heavy atom. The van der Waals surface area contributed by atoms with Gasteiger partial charge in [0, 0.05) is 17.0 Å². The van der Waals surface area contributed by atoms with Gasteiger partial charge < -0.3 is 0 Å². The number of fused-ring (bicyclic) bond motifs is 1. The van der Waals surface area contributed by atoms with E-state index in [2.05, 4.69) is 20.9 Å². The Kier molecular flexibility index (Phi) is 4.02. The van der Waals surface area contributed by atoms with Gasteiger partial charge in [-0.15, -0.1) is 0 Å². The van der Waals surface area contributed by atoms with E-state index in [4.69, 9.17) is 0 Å². The van der Waals surface area contributed by atoms with Gasteiger partial charge in [-0.3, -0.25) is 9.36 Å². The molecule has 0 fully saturated rings. The van der Waals surface area contributed by atoms with E-state index in [-0.39, 0.29) is 16.6 Å². The predicted octanol–water partition coefficient (Wildman–Crippen LogP) is 4.30. The third kappa shape index (κ3) is 2.67. The van der Waals surface area contributed by atoms with E-state index in [1.54, 1.807) is 13.0 Å². The quantitative estimate of drug-likeness (QED) is 0.666. The standard InChI is InChI=1S/C17H13BrF2N2O/c1-3-16-21-14-8-12(19)9(2)6-11(14)17(23)22(16)15-5-4-10(18)7-13(15)20/h4-8H,3H2,1-2H3. The smallest absolute Gasteiger partial charge is 0.266 e. The Hall–Kier alpha value is -2.08. The molecule has 23 heavy (non-hydrogen) atoms. The number of aromatic nitrogens is 2. The molecule has 0 radical (unpaired) electrons. The molecule has 0 saturated carbocycles. The minimum absolute atomic E-state index is 0.131. The lowest BCUT2D eigenvalue weighted by molar-refractivity contribution is 0.609. The number of halogens is 3. The number of benzene rings is 2. The third-order valence-electron chi connectivity index (χ3n) is 3.68. The minimum Gasteiger partial charge on any atom is -0.268 e. The van der Waals surface area contributed by atoms with Crippen LogP contribution in [0.2, 0.25) is 0 Å². The summed E-state index contributed by atoms with van der Waals surface area (Å²) in [5.74, 6) is -0.567. The summed E-state index contributed by atoms with van der Waals surface area (Å²) in [5, 5.41) is 0.267. The van der Waals surface area contributed by atoms with E-state index in [1.165, 1.54) is 28.8 Å².